The molecule has 3 aromatic rings. The number of halogens is 3. The summed E-state index contributed by atoms with van der Waals surface area (Å²) in [5.74, 6) is 1.60. The molecule has 44 heavy (non-hydrogen) atoms. The Morgan fingerprint density at radius 3 is 2.48 bits per heavy atom. The van der Waals surface area contributed by atoms with Gasteiger partial charge in [-0.05, 0) is 108 Å². The summed E-state index contributed by atoms with van der Waals surface area (Å²) in [6.07, 6.45) is 0.728. The molecule has 0 bridgehead atoms. The molecule has 2 aliphatic carbocycles. The fourth-order valence-electron chi connectivity index (χ4n) is 7.88. The zero-order valence-electron chi connectivity index (χ0n) is 26.6. The summed E-state index contributed by atoms with van der Waals surface area (Å²) >= 11 is 0. The fraction of sp³-hybridized carbons (Fsp3) is 0.486. The smallest absolute Gasteiger partial charge is 0.416 e. The van der Waals surface area contributed by atoms with Crippen molar-refractivity contribution in [3.8, 4) is 5.75 Å². The summed E-state index contributed by atoms with van der Waals surface area (Å²) in [4.78, 5) is 15.7. The zero-order chi connectivity index (χ0) is 31.7. The molecule has 4 nitrogen and oxygen atoms in total. The van der Waals surface area contributed by atoms with Gasteiger partial charge in [-0.1, -0.05) is 70.5 Å². The number of hydrogen-bond donors (Lipinski definition) is 1. The van der Waals surface area contributed by atoms with E-state index < -0.39 is 17.8 Å². The van der Waals surface area contributed by atoms with E-state index in [0.717, 1.165) is 55.5 Å². The van der Waals surface area contributed by atoms with Gasteiger partial charge in [-0.3, -0.25) is 0 Å². The summed E-state index contributed by atoms with van der Waals surface area (Å²) in [6, 6.07) is 19.2. The van der Waals surface area contributed by atoms with Gasteiger partial charge in [0.25, 0.3) is 0 Å². The van der Waals surface area contributed by atoms with Crippen LogP contribution in [0.25, 0.3) is 0 Å². The van der Waals surface area contributed by atoms with Gasteiger partial charge in [-0.25, -0.2) is 4.79 Å². The number of carbonyl (C=O) groups is 1. The van der Waals surface area contributed by atoms with E-state index in [-0.39, 0.29) is 16.5 Å². The van der Waals surface area contributed by atoms with Gasteiger partial charge in [0.2, 0.25) is 0 Å². The molecule has 1 fully saturated rings. The fourth-order valence-corrected chi connectivity index (χ4v) is 7.88. The lowest BCUT2D eigenvalue weighted by atomic mass is 9.49. The summed E-state index contributed by atoms with van der Waals surface area (Å²) in [5, 5.41) is 2.79. The molecule has 2 amide bonds. The van der Waals surface area contributed by atoms with E-state index in [1.165, 1.54) is 28.8 Å². The van der Waals surface area contributed by atoms with Crippen molar-refractivity contribution in [1.29, 1.82) is 0 Å². The molecule has 0 heterocycles. The van der Waals surface area contributed by atoms with Crippen molar-refractivity contribution >= 4 is 11.7 Å². The van der Waals surface area contributed by atoms with Gasteiger partial charge in [0.05, 0.1) is 12.2 Å². The van der Waals surface area contributed by atoms with E-state index in [0.29, 0.717) is 31.5 Å². The number of ether oxygens (including phenoxy) is 1. The van der Waals surface area contributed by atoms with Crippen LogP contribution in [-0.4, -0.2) is 24.1 Å². The van der Waals surface area contributed by atoms with Crippen molar-refractivity contribution in [3.63, 3.8) is 0 Å². The van der Waals surface area contributed by atoms with Gasteiger partial charge in [-0.15, -0.1) is 0 Å². The van der Waals surface area contributed by atoms with E-state index in [1.807, 2.05) is 31.2 Å². The summed E-state index contributed by atoms with van der Waals surface area (Å²) in [6.45, 7) is 12.5. The van der Waals surface area contributed by atoms with Crippen LogP contribution in [0.3, 0.4) is 0 Å². The van der Waals surface area contributed by atoms with Crippen LogP contribution >= 0.6 is 0 Å². The van der Waals surface area contributed by atoms with Crippen LogP contribution in [0.1, 0.15) is 94.0 Å². The minimum absolute atomic E-state index is 0.00157. The third-order valence-electron chi connectivity index (χ3n) is 10.1. The van der Waals surface area contributed by atoms with Crippen LogP contribution in [0.4, 0.5) is 23.7 Å². The summed E-state index contributed by atoms with van der Waals surface area (Å²) < 4.78 is 45.9. The van der Waals surface area contributed by atoms with E-state index >= 15 is 0 Å². The number of alkyl halides is 3. The maximum absolute atomic E-state index is 13.9. The SMILES string of the molecule is CCOc1ccc(CN(CC2(C)CCCC3(C)c4ccc(C(C)C)cc4CCC23)C(=O)Nc2cccc(C(F)(F)F)c2)cc1. The molecule has 0 radical (unpaired) electrons. The highest BCUT2D eigenvalue weighted by Crippen LogP contribution is 2.57. The van der Waals surface area contributed by atoms with Crippen molar-refractivity contribution < 1.29 is 22.7 Å². The molecule has 5 rings (SSSR count). The minimum atomic E-state index is -4.49. The normalized spacial score (nSPS) is 23.1. The molecule has 3 unspecified atom stereocenters. The second-order valence-corrected chi connectivity index (χ2v) is 13.5. The number of benzene rings is 3. The number of fused-ring (bicyclic) bond motifs is 3. The Balaban J connectivity index is 1.44. The molecule has 0 aliphatic heterocycles. The average molecular weight is 607 g/mol. The minimum Gasteiger partial charge on any atom is -0.494 e. The summed E-state index contributed by atoms with van der Waals surface area (Å²) in [5.41, 5.74) is 4.37. The Morgan fingerprint density at radius 1 is 1.05 bits per heavy atom. The summed E-state index contributed by atoms with van der Waals surface area (Å²) in [7, 11) is 0. The van der Waals surface area contributed by atoms with Gasteiger partial charge >= 0.3 is 12.2 Å². The highest BCUT2D eigenvalue weighted by Gasteiger charge is 2.52. The third kappa shape index (κ3) is 6.62. The average Bonchev–Trinajstić information content (AvgIpc) is 2.97. The second kappa shape index (κ2) is 12.5. The predicted molar refractivity (Wildman–Crippen MR) is 170 cm³/mol. The molecule has 3 atom stereocenters. The number of amides is 2. The van der Waals surface area contributed by atoms with Crippen LogP contribution in [-0.2, 0) is 24.6 Å². The van der Waals surface area contributed by atoms with Crippen molar-refractivity contribution in [2.24, 2.45) is 11.3 Å². The number of nitrogens with zero attached hydrogens (tertiary/aromatic N) is 1. The lowest BCUT2D eigenvalue weighted by Gasteiger charge is -2.56. The molecule has 0 aromatic heterocycles. The molecule has 2 aliphatic rings. The Hall–Kier alpha value is -3.48. The number of aryl methyl sites for hydroxylation is 1. The van der Waals surface area contributed by atoms with E-state index in [2.05, 4.69) is 51.2 Å². The number of anilines is 1. The first kappa shape index (κ1) is 31.9. The topological polar surface area (TPSA) is 41.6 Å². The maximum atomic E-state index is 13.9. The highest BCUT2D eigenvalue weighted by molar-refractivity contribution is 5.89. The van der Waals surface area contributed by atoms with E-state index in [9.17, 15) is 18.0 Å². The van der Waals surface area contributed by atoms with Gasteiger partial charge in [0.1, 0.15) is 5.75 Å². The standard InChI is InChI=1S/C37H45F3N2O2/c1-6-44-31-15-11-26(12-16-31)23-42(34(43)41-30-10-7-9-29(22-30)37(38,39)40)24-35(4)19-8-20-36(5)32-17-13-27(25(2)3)21-28(32)14-18-33(35)36/h7,9-13,15-17,21-22,25,33H,6,8,14,18-20,23-24H2,1-5H3,(H,41,43). The largest absolute Gasteiger partial charge is 0.494 e. The molecule has 236 valence electrons. The Labute approximate surface area is 260 Å². The Bertz CT molecular complexity index is 1470. The van der Waals surface area contributed by atoms with Crippen LogP contribution in [0.15, 0.2) is 66.7 Å². The first-order chi connectivity index (χ1) is 20.8. The van der Waals surface area contributed by atoms with Gasteiger partial charge in [0, 0.05) is 18.8 Å². The molecular formula is C37H45F3N2O2. The second-order valence-electron chi connectivity index (χ2n) is 13.5. The zero-order valence-corrected chi connectivity index (χ0v) is 26.6. The van der Waals surface area contributed by atoms with Crippen LogP contribution in [0.5, 0.6) is 5.75 Å². The molecule has 1 saturated carbocycles. The number of rotatable bonds is 8. The number of carbonyl (C=O) groups excluding carboxylic acids is 1. The quantitative estimate of drug-likeness (QED) is 0.277. The molecule has 0 spiro atoms. The molecular weight excluding hydrogens is 561 g/mol. The Morgan fingerprint density at radius 2 is 1.80 bits per heavy atom. The third-order valence-corrected chi connectivity index (χ3v) is 10.1. The number of hydrogen-bond acceptors (Lipinski definition) is 2. The predicted octanol–water partition coefficient (Wildman–Crippen LogP) is 9.97. The van der Waals surface area contributed by atoms with Crippen molar-refractivity contribution in [2.45, 2.75) is 90.8 Å². The molecule has 1 N–H and O–H groups in total. The van der Waals surface area contributed by atoms with Crippen LogP contribution < -0.4 is 10.1 Å². The van der Waals surface area contributed by atoms with Crippen molar-refractivity contribution in [3.05, 3.63) is 94.5 Å². The molecule has 7 heteroatoms. The van der Waals surface area contributed by atoms with E-state index in [4.69, 9.17) is 4.74 Å². The van der Waals surface area contributed by atoms with Gasteiger partial charge < -0.3 is 15.0 Å². The Kier molecular flexibility index (Phi) is 9.06. The highest BCUT2D eigenvalue weighted by atomic mass is 19.4. The van der Waals surface area contributed by atoms with Crippen molar-refractivity contribution in [2.75, 3.05) is 18.5 Å². The van der Waals surface area contributed by atoms with Gasteiger partial charge in [-0.2, -0.15) is 13.2 Å². The van der Waals surface area contributed by atoms with Gasteiger partial charge in [0.15, 0.2) is 0 Å². The first-order valence-electron chi connectivity index (χ1n) is 15.9. The molecule has 3 aromatic carbocycles. The number of nitrogens with one attached hydrogen (secondary N) is 1. The van der Waals surface area contributed by atoms with Crippen molar-refractivity contribution in [1.82, 2.24) is 4.90 Å². The van der Waals surface area contributed by atoms with Crippen LogP contribution in [0, 0.1) is 11.3 Å². The lowest BCUT2D eigenvalue weighted by molar-refractivity contribution is -0.137. The first-order valence-corrected chi connectivity index (χ1v) is 15.9. The maximum Gasteiger partial charge on any atom is 0.416 e. The number of urea groups is 1. The monoisotopic (exact) mass is 606 g/mol. The van der Waals surface area contributed by atoms with Crippen LogP contribution in [0.2, 0.25) is 0 Å². The lowest BCUT2D eigenvalue weighted by Crippen LogP contribution is -2.54. The molecule has 0 saturated heterocycles. The van der Waals surface area contributed by atoms with E-state index in [1.54, 1.807) is 4.90 Å².